The summed E-state index contributed by atoms with van der Waals surface area (Å²) in [7, 11) is 0. The van der Waals surface area contributed by atoms with Crippen molar-refractivity contribution < 1.29 is 0 Å². The van der Waals surface area contributed by atoms with Gasteiger partial charge in [-0.25, -0.2) is 0 Å². The fourth-order valence-electron chi connectivity index (χ4n) is 1.89. The monoisotopic (exact) mass is 252 g/mol. The molecule has 5 N–H and O–H groups in total. The molecule has 0 spiro atoms. The molecule has 0 amide bonds. The molecule has 0 bridgehead atoms. The van der Waals surface area contributed by atoms with Crippen LogP contribution in [0.1, 0.15) is 0 Å². The number of anilines is 1. The molecule has 1 heterocycles. The van der Waals surface area contributed by atoms with E-state index >= 15 is 0 Å². The summed E-state index contributed by atoms with van der Waals surface area (Å²) < 4.78 is 0. The van der Waals surface area contributed by atoms with E-state index in [1.165, 1.54) is 0 Å². The molecule has 1 aliphatic heterocycles. The maximum Gasteiger partial charge on any atom is 0.177 e. The lowest BCUT2D eigenvalue weighted by Crippen LogP contribution is -2.32. The normalized spacial score (nSPS) is 14.2. The minimum atomic E-state index is 0.213. The zero-order valence-corrected chi connectivity index (χ0v) is 10.0. The van der Waals surface area contributed by atoms with E-state index in [-0.39, 0.29) is 11.7 Å². The van der Waals surface area contributed by atoms with Crippen molar-refractivity contribution in [2.75, 3.05) is 5.43 Å². The Morgan fingerprint density at radius 3 is 2.37 bits per heavy atom. The summed E-state index contributed by atoms with van der Waals surface area (Å²) >= 11 is 0. The van der Waals surface area contributed by atoms with Crippen LogP contribution in [0.2, 0.25) is 0 Å². The summed E-state index contributed by atoms with van der Waals surface area (Å²) in [5.74, 6) is 0.426. The highest BCUT2D eigenvalue weighted by atomic mass is 15.4. The van der Waals surface area contributed by atoms with Gasteiger partial charge in [-0.15, -0.1) is 10.2 Å². The lowest BCUT2D eigenvalue weighted by atomic mass is 10.1. The van der Waals surface area contributed by atoms with Gasteiger partial charge in [0.05, 0.1) is 5.69 Å². The molecule has 0 atom stereocenters. The molecule has 0 saturated heterocycles. The van der Waals surface area contributed by atoms with Gasteiger partial charge in [-0.3, -0.25) is 5.43 Å². The Morgan fingerprint density at radius 2 is 1.58 bits per heavy atom. The lowest BCUT2D eigenvalue weighted by Gasteiger charge is -2.06. The van der Waals surface area contributed by atoms with Crippen LogP contribution >= 0.6 is 0 Å². The Hall–Kier alpha value is -2.89. The molecular formula is C13H12N6. The molecular weight excluding hydrogens is 240 g/mol. The van der Waals surface area contributed by atoms with Crippen LogP contribution in [0.3, 0.4) is 0 Å². The number of nitrogens with two attached hydrogens (primary N) is 2. The van der Waals surface area contributed by atoms with Gasteiger partial charge < -0.3 is 11.5 Å². The predicted octanol–water partition coefficient (Wildman–Crippen LogP) is 1.25. The van der Waals surface area contributed by atoms with Gasteiger partial charge in [0.1, 0.15) is 0 Å². The third kappa shape index (κ3) is 1.99. The molecule has 0 unspecified atom stereocenters. The topological polar surface area (TPSA) is 101 Å². The Labute approximate surface area is 109 Å². The second-order valence-electron chi connectivity index (χ2n) is 4.07. The highest BCUT2D eigenvalue weighted by molar-refractivity contribution is 6.68. The zero-order chi connectivity index (χ0) is 13.2. The second-order valence-corrected chi connectivity index (χ2v) is 4.07. The van der Waals surface area contributed by atoms with Crippen molar-refractivity contribution in [3.05, 3.63) is 42.5 Å². The fourth-order valence-corrected chi connectivity index (χ4v) is 1.89. The average Bonchev–Trinajstić information content (AvgIpc) is 2.76. The van der Waals surface area contributed by atoms with Gasteiger partial charge in [0.25, 0.3) is 0 Å². The van der Waals surface area contributed by atoms with E-state index in [9.17, 15) is 0 Å². The van der Waals surface area contributed by atoms with E-state index in [1.54, 1.807) is 0 Å². The van der Waals surface area contributed by atoms with Crippen molar-refractivity contribution in [3.8, 4) is 0 Å². The number of hydrazone groups is 1. The largest absolute Gasteiger partial charge is 0.380 e. The summed E-state index contributed by atoms with van der Waals surface area (Å²) in [5, 5.41) is 13.7. The first-order chi connectivity index (χ1) is 9.25. The Balaban J connectivity index is 1.97. The molecule has 2 aromatic carbocycles. The van der Waals surface area contributed by atoms with Crippen LogP contribution in [-0.4, -0.2) is 17.4 Å². The fraction of sp³-hybridized carbons (Fsp3) is 0. The van der Waals surface area contributed by atoms with Crippen molar-refractivity contribution in [3.63, 3.8) is 0 Å². The van der Waals surface area contributed by atoms with E-state index in [4.69, 9.17) is 11.5 Å². The molecule has 1 aliphatic rings. The van der Waals surface area contributed by atoms with Crippen molar-refractivity contribution in [1.82, 2.24) is 0 Å². The molecule has 0 aromatic heterocycles. The highest BCUT2D eigenvalue weighted by Gasteiger charge is 2.16. The minimum absolute atomic E-state index is 0.213. The molecule has 0 fully saturated rings. The Kier molecular flexibility index (Phi) is 2.60. The van der Waals surface area contributed by atoms with Crippen LogP contribution in [0.5, 0.6) is 0 Å². The van der Waals surface area contributed by atoms with Crippen molar-refractivity contribution in [1.29, 1.82) is 0 Å². The summed E-state index contributed by atoms with van der Waals surface area (Å²) in [5.41, 5.74) is 15.5. The summed E-state index contributed by atoms with van der Waals surface area (Å²) in [6, 6.07) is 13.9. The number of benzene rings is 2. The Bertz CT molecular complexity index is 703. The summed E-state index contributed by atoms with van der Waals surface area (Å²) in [6.45, 7) is 0. The van der Waals surface area contributed by atoms with E-state index in [0.717, 1.165) is 16.5 Å². The van der Waals surface area contributed by atoms with Crippen LogP contribution in [-0.2, 0) is 0 Å². The van der Waals surface area contributed by atoms with E-state index in [0.29, 0.717) is 5.71 Å². The van der Waals surface area contributed by atoms with Gasteiger partial charge in [-0.05, 0) is 11.5 Å². The van der Waals surface area contributed by atoms with Crippen LogP contribution in [0.15, 0.2) is 57.8 Å². The quantitative estimate of drug-likeness (QED) is 0.701. The third-order valence-electron chi connectivity index (χ3n) is 2.83. The molecule has 2 aromatic rings. The van der Waals surface area contributed by atoms with Gasteiger partial charge >= 0.3 is 0 Å². The van der Waals surface area contributed by atoms with Crippen LogP contribution < -0.4 is 16.9 Å². The number of rotatable bonds is 2. The standard InChI is InChI=1S/C13H12N6/c14-12-11(13(15)19-18-12)17-16-10-7-3-5-8-4-1-2-6-9(8)10/h1-7,16H,(H4,14,15,17,18,19). The van der Waals surface area contributed by atoms with Crippen molar-refractivity contribution >= 4 is 33.8 Å². The van der Waals surface area contributed by atoms with Gasteiger partial charge in [-0.1, -0.05) is 36.4 Å². The Morgan fingerprint density at radius 1 is 0.895 bits per heavy atom. The molecule has 94 valence electrons. The number of amidine groups is 2. The number of hydrogen-bond donors (Lipinski definition) is 3. The lowest BCUT2D eigenvalue weighted by molar-refractivity contribution is 1.25. The molecule has 6 nitrogen and oxygen atoms in total. The predicted molar refractivity (Wildman–Crippen MR) is 78.3 cm³/mol. The highest BCUT2D eigenvalue weighted by Crippen LogP contribution is 2.22. The molecule has 0 radical (unpaired) electrons. The van der Waals surface area contributed by atoms with Gasteiger partial charge in [0, 0.05) is 5.39 Å². The molecule has 3 rings (SSSR count). The smallest absolute Gasteiger partial charge is 0.177 e. The molecule has 19 heavy (non-hydrogen) atoms. The number of hydrogen-bond acceptors (Lipinski definition) is 6. The average molecular weight is 252 g/mol. The van der Waals surface area contributed by atoms with Gasteiger partial charge in [-0.2, -0.15) is 5.10 Å². The van der Waals surface area contributed by atoms with Crippen molar-refractivity contribution in [2.45, 2.75) is 0 Å². The van der Waals surface area contributed by atoms with Gasteiger partial charge in [0.2, 0.25) is 0 Å². The van der Waals surface area contributed by atoms with Crippen molar-refractivity contribution in [2.24, 2.45) is 26.8 Å². The maximum absolute atomic E-state index is 5.63. The van der Waals surface area contributed by atoms with Crippen LogP contribution in [0.4, 0.5) is 5.69 Å². The SMILES string of the molecule is NC1=NN=C(N)C1=NNc1cccc2ccccc12. The molecule has 0 saturated carbocycles. The number of nitrogens with one attached hydrogen (secondary N) is 1. The second kappa shape index (κ2) is 4.41. The first-order valence-corrected chi connectivity index (χ1v) is 5.74. The van der Waals surface area contributed by atoms with Crippen LogP contribution in [0, 0.1) is 0 Å². The third-order valence-corrected chi connectivity index (χ3v) is 2.83. The first kappa shape index (κ1) is 11.2. The van der Waals surface area contributed by atoms with E-state index in [1.807, 2.05) is 42.5 Å². The molecule has 0 aliphatic carbocycles. The zero-order valence-electron chi connectivity index (χ0n) is 10.0. The number of fused-ring (bicyclic) bond motifs is 1. The minimum Gasteiger partial charge on any atom is -0.380 e. The first-order valence-electron chi connectivity index (χ1n) is 5.74. The summed E-state index contributed by atoms with van der Waals surface area (Å²) in [4.78, 5) is 0. The van der Waals surface area contributed by atoms with E-state index in [2.05, 4.69) is 20.7 Å². The van der Waals surface area contributed by atoms with E-state index < -0.39 is 0 Å². The maximum atomic E-state index is 5.63. The molecule has 6 heteroatoms. The summed E-state index contributed by atoms with van der Waals surface area (Å²) in [6.07, 6.45) is 0. The number of nitrogens with zero attached hydrogens (tertiary/aromatic N) is 3. The van der Waals surface area contributed by atoms with Gasteiger partial charge in [0.15, 0.2) is 17.4 Å². The van der Waals surface area contributed by atoms with Crippen LogP contribution in [0.25, 0.3) is 10.8 Å².